The average Bonchev–Trinajstić information content (AvgIpc) is 3.48. The van der Waals surface area contributed by atoms with Crippen molar-refractivity contribution in [1.82, 2.24) is 19.7 Å². The number of H-pyrrole nitrogens is 1. The van der Waals surface area contributed by atoms with Crippen LogP contribution < -0.4 is 15.4 Å². The van der Waals surface area contributed by atoms with E-state index in [1.54, 1.807) is 12.0 Å². The maximum absolute atomic E-state index is 14.3. The molecular weight excluding hydrogens is 520 g/mol. The topological polar surface area (TPSA) is 102 Å². The molecule has 0 aliphatic carbocycles. The van der Waals surface area contributed by atoms with Crippen molar-refractivity contribution in [1.29, 1.82) is 0 Å². The van der Waals surface area contributed by atoms with Crippen molar-refractivity contribution in [3.05, 3.63) is 71.1 Å². The van der Waals surface area contributed by atoms with Crippen LogP contribution in [0.25, 0.3) is 27.4 Å². The van der Waals surface area contributed by atoms with E-state index in [-0.39, 0.29) is 22.2 Å². The molecule has 3 aromatic heterocycles. The quantitative estimate of drug-likeness (QED) is 0.333. The molecule has 1 amide bonds. The number of benzene rings is 2. The summed E-state index contributed by atoms with van der Waals surface area (Å²) < 4.78 is 87.7. The third kappa shape index (κ3) is 4.00. The van der Waals surface area contributed by atoms with Gasteiger partial charge in [-0.25, -0.2) is 9.48 Å². The van der Waals surface area contributed by atoms with Gasteiger partial charge in [-0.05, 0) is 12.1 Å². The van der Waals surface area contributed by atoms with Crippen molar-refractivity contribution >= 4 is 39.2 Å². The Hall–Kier alpha value is -4.84. The molecule has 0 saturated heterocycles. The number of nitrogens with one attached hydrogen (secondary N) is 2. The highest BCUT2D eigenvalue weighted by atomic mass is 19.4. The Morgan fingerprint density at radius 3 is 2.47 bits per heavy atom. The van der Waals surface area contributed by atoms with Gasteiger partial charge in [0.25, 0.3) is 5.91 Å². The second-order valence-corrected chi connectivity index (χ2v) is 8.00. The molecule has 3 heterocycles. The van der Waals surface area contributed by atoms with Gasteiger partial charge in [0.15, 0.2) is 11.6 Å². The maximum Gasteiger partial charge on any atom is 0.434 e. The number of halogens is 6. The molecule has 5 aromatic rings. The average molecular weight is 533 g/mol. The molecule has 8 nitrogen and oxygen atoms in total. The predicted octanol–water partition coefficient (Wildman–Crippen LogP) is 4.42. The van der Waals surface area contributed by atoms with Crippen LogP contribution in [0.4, 0.5) is 32.0 Å². The van der Waals surface area contributed by atoms with Crippen LogP contribution in [0, 0.1) is 0 Å². The largest absolute Gasteiger partial charge is 0.494 e. The first-order valence-corrected chi connectivity index (χ1v) is 10.6. The van der Waals surface area contributed by atoms with E-state index in [2.05, 4.69) is 15.1 Å². The minimum absolute atomic E-state index is 0.0632. The Labute approximate surface area is 207 Å². The SMILES string of the molecule is COc1cc(-n2ncc(C(=O)Nc3ccnc(C(F)(F)F)c3)c2C(F)(F)F)c2cccc3c(=C=O)[nH]c1c23. The molecule has 38 heavy (non-hydrogen) atoms. The van der Waals surface area contributed by atoms with E-state index >= 15 is 0 Å². The van der Waals surface area contributed by atoms with Crippen LogP contribution in [-0.2, 0) is 17.1 Å². The maximum atomic E-state index is 14.3. The van der Waals surface area contributed by atoms with Crippen molar-refractivity contribution in [2.24, 2.45) is 0 Å². The van der Waals surface area contributed by atoms with Gasteiger partial charge in [-0.3, -0.25) is 9.78 Å². The molecule has 0 spiro atoms. The third-order valence-electron chi connectivity index (χ3n) is 5.76. The smallest absolute Gasteiger partial charge is 0.434 e. The minimum atomic E-state index is -5.11. The number of anilines is 1. The zero-order valence-corrected chi connectivity index (χ0v) is 19.0. The molecular formula is C24H13F6N5O3. The first-order valence-electron chi connectivity index (χ1n) is 10.6. The molecule has 0 aliphatic rings. The van der Waals surface area contributed by atoms with Gasteiger partial charge < -0.3 is 15.0 Å². The second kappa shape index (κ2) is 8.63. The van der Waals surface area contributed by atoms with E-state index in [4.69, 9.17) is 4.74 Å². The van der Waals surface area contributed by atoms with E-state index in [0.29, 0.717) is 33.2 Å². The number of methoxy groups -OCH3 is 1. The molecule has 14 heteroatoms. The molecule has 0 atom stereocenters. The number of amides is 1. The fourth-order valence-electron chi connectivity index (χ4n) is 4.21. The number of hydrogen-bond acceptors (Lipinski definition) is 5. The van der Waals surface area contributed by atoms with Gasteiger partial charge in [0.2, 0.25) is 0 Å². The summed E-state index contributed by atoms with van der Waals surface area (Å²) in [6.45, 7) is 0. The Kier molecular flexibility index (Phi) is 5.64. The lowest BCUT2D eigenvalue weighted by Gasteiger charge is -2.16. The summed E-state index contributed by atoms with van der Waals surface area (Å²) in [7, 11) is 1.28. The summed E-state index contributed by atoms with van der Waals surface area (Å²) in [6, 6.07) is 7.35. The molecule has 194 valence electrons. The molecule has 0 unspecified atom stereocenters. The van der Waals surface area contributed by atoms with Crippen molar-refractivity contribution in [2.75, 3.05) is 12.4 Å². The Bertz CT molecular complexity index is 1800. The predicted molar refractivity (Wildman–Crippen MR) is 122 cm³/mol. The first kappa shape index (κ1) is 24.8. The Morgan fingerprint density at radius 1 is 1.08 bits per heavy atom. The minimum Gasteiger partial charge on any atom is -0.494 e. The number of nitrogens with zero attached hydrogens (tertiary/aromatic N) is 3. The molecule has 2 N–H and O–H groups in total. The monoisotopic (exact) mass is 533 g/mol. The zero-order chi connectivity index (χ0) is 27.4. The van der Waals surface area contributed by atoms with Crippen molar-refractivity contribution < 1.29 is 40.7 Å². The van der Waals surface area contributed by atoms with E-state index in [9.17, 15) is 35.9 Å². The number of ether oxygens (including phenoxy) is 1. The van der Waals surface area contributed by atoms with Crippen LogP contribution >= 0.6 is 0 Å². The fraction of sp³-hybridized carbons (Fsp3) is 0.125. The number of aromatic nitrogens is 4. The number of pyridine rings is 1. The van der Waals surface area contributed by atoms with Crippen molar-refractivity contribution in [3.63, 3.8) is 0 Å². The Balaban J connectivity index is 1.69. The fourth-order valence-corrected chi connectivity index (χ4v) is 4.21. The highest BCUT2D eigenvalue weighted by molar-refractivity contribution is 6.15. The Morgan fingerprint density at radius 2 is 1.82 bits per heavy atom. The van der Waals surface area contributed by atoms with Crippen LogP contribution in [0.5, 0.6) is 5.75 Å². The summed E-state index contributed by atoms with van der Waals surface area (Å²) >= 11 is 0. The van der Waals surface area contributed by atoms with Crippen LogP contribution in [0.15, 0.2) is 48.8 Å². The van der Waals surface area contributed by atoms with E-state index in [0.717, 1.165) is 12.3 Å². The number of carbonyl (C=O) groups excluding carboxylic acids is 2. The summed E-state index contributed by atoms with van der Waals surface area (Å²) in [4.78, 5) is 30.2. The summed E-state index contributed by atoms with van der Waals surface area (Å²) in [6.07, 6.45) is -8.51. The van der Waals surface area contributed by atoms with E-state index in [1.807, 2.05) is 5.32 Å². The summed E-state index contributed by atoms with van der Waals surface area (Å²) in [5.41, 5.74) is -3.93. The van der Waals surface area contributed by atoms with Gasteiger partial charge in [-0.15, -0.1) is 0 Å². The van der Waals surface area contributed by atoms with Crippen LogP contribution in [0.3, 0.4) is 0 Å². The molecule has 0 bridgehead atoms. The highest BCUT2D eigenvalue weighted by Gasteiger charge is 2.41. The standard InChI is InChI=1S/C24H13F6N5O3/c1-38-17-8-16(13-4-2-3-12-15(10-36)34-20(17)19(12)13)35-21(24(28,29)30)14(9-32-35)22(37)33-11-5-6-31-18(7-11)23(25,26)27/h2-9,34H,1H3,(H,31,33,37). The third-order valence-corrected chi connectivity index (χ3v) is 5.76. The van der Waals surface area contributed by atoms with E-state index < -0.39 is 40.9 Å². The number of rotatable bonds is 4. The van der Waals surface area contributed by atoms with Gasteiger partial charge in [0.1, 0.15) is 16.8 Å². The van der Waals surface area contributed by atoms with Crippen molar-refractivity contribution in [3.8, 4) is 11.4 Å². The van der Waals surface area contributed by atoms with Crippen LogP contribution in [0.2, 0.25) is 0 Å². The molecule has 0 saturated carbocycles. The normalized spacial score (nSPS) is 12.2. The lowest BCUT2D eigenvalue weighted by molar-refractivity contribution is -0.143. The van der Waals surface area contributed by atoms with Crippen LogP contribution in [-0.4, -0.2) is 38.7 Å². The van der Waals surface area contributed by atoms with Gasteiger partial charge in [0.05, 0.1) is 30.1 Å². The highest BCUT2D eigenvalue weighted by Crippen LogP contribution is 2.40. The van der Waals surface area contributed by atoms with Crippen LogP contribution in [0.1, 0.15) is 21.7 Å². The molecule has 2 aromatic carbocycles. The molecule has 5 rings (SSSR count). The number of hydrogen-bond donors (Lipinski definition) is 2. The molecule has 0 fully saturated rings. The van der Waals surface area contributed by atoms with Gasteiger partial charge in [0, 0.05) is 34.1 Å². The molecule has 0 radical (unpaired) electrons. The van der Waals surface area contributed by atoms with Gasteiger partial charge in [-0.1, -0.05) is 18.2 Å². The van der Waals surface area contributed by atoms with Crippen molar-refractivity contribution in [2.45, 2.75) is 12.4 Å². The van der Waals surface area contributed by atoms with E-state index in [1.165, 1.54) is 25.3 Å². The van der Waals surface area contributed by atoms with Gasteiger partial charge >= 0.3 is 12.4 Å². The first-order chi connectivity index (χ1) is 17.9. The number of carbonyl (C=O) groups is 1. The number of alkyl halides is 6. The summed E-state index contributed by atoms with van der Waals surface area (Å²) in [5.74, 6) is 0.497. The lowest BCUT2D eigenvalue weighted by atomic mass is 10.0. The van der Waals surface area contributed by atoms with Gasteiger partial charge in [-0.2, -0.15) is 31.4 Å². The summed E-state index contributed by atoms with van der Waals surface area (Å²) in [5, 5.41) is 6.91. The zero-order valence-electron chi connectivity index (χ0n) is 19.0. The lowest BCUT2D eigenvalue weighted by Crippen LogP contribution is -2.21. The molecule has 0 aliphatic heterocycles. The second-order valence-electron chi connectivity index (χ2n) is 8.00. The number of aromatic amines is 1.